The van der Waals surface area contributed by atoms with Crippen LogP contribution in [0.1, 0.15) is 10.4 Å². The molecule has 1 N–H and O–H groups in total. The predicted molar refractivity (Wildman–Crippen MR) is 83.3 cm³/mol. The van der Waals surface area contributed by atoms with E-state index in [0.717, 1.165) is 16.7 Å². The van der Waals surface area contributed by atoms with Gasteiger partial charge in [-0.15, -0.1) is 11.3 Å². The molecule has 2 nitrogen and oxygen atoms in total. The Balaban J connectivity index is 2.23. The van der Waals surface area contributed by atoms with Crippen molar-refractivity contribution in [3.05, 3.63) is 50.4 Å². The highest BCUT2D eigenvalue weighted by Gasteiger charge is 2.12. The fourth-order valence-corrected chi connectivity index (χ4v) is 3.52. The summed E-state index contributed by atoms with van der Waals surface area (Å²) in [6, 6.07) is 7.31. The third-order valence-corrected chi connectivity index (χ3v) is 4.56. The lowest BCUT2D eigenvalue weighted by Gasteiger charge is -2.22. The summed E-state index contributed by atoms with van der Waals surface area (Å²) in [4.78, 5) is 3.32. The van der Waals surface area contributed by atoms with Gasteiger partial charge in [0.05, 0.1) is 6.54 Å². The van der Waals surface area contributed by atoms with Crippen molar-refractivity contribution in [2.24, 2.45) is 0 Å². The van der Waals surface area contributed by atoms with Gasteiger partial charge in [0.1, 0.15) is 5.82 Å². The van der Waals surface area contributed by atoms with E-state index in [-0.39, 0.29) is 5.82 Å². The molecule has 0 spiro atoms. The number of hydrogen-bond acceptors (Lipinski definition) is 3. The maximum absolute atomic E-state index is 13.9. The molecule has 102 valence electrons. The minimum Gasteiger partial charge on any atom is -0.369 e. The molecule has 0 atom stereocenters. The van der Waals surface area contributed by atoms with E-state index in [1.807, 2.05) is 20.2 Å². The third kappa shape index (κ3) is 3.55. The summed E-state index contributed by atoms with van der Waals surface area (Å²) >= 11 is 5.15. The number of anilines is 1. The highest BCUT2D eigenvalue weighted by Crippen LogP contribution is 2.26. The van der Waals surface area contributed by atoms with Gasteiger partial charge < -0.3 is 10.2 Å². The van der Waals surface area contributed by atoms with E-state index in [1.165, 1.54) is 10.9 Å². The van der Waals surface area contributed by atoms with Gasteiger partial charge >= 0.3 is 0 Å². The van der Waals surface area contributed by atoms with E-state index in [4.69, 9.17) is 0 Å². The second kappa shape index (κ2) is 6.50. The standard InChI is InChI=1S/C14H16BrFN2S/c1-17-7-12-13(16)4-3-5-14(12)18(2)8-11-6-10(15)9-19-11/h3-6,9,17H,7-8H2,1-2H3. The van der Waals surface area contributed by atoms with Crippen molar-refractivity contribution in [2.75, 3.05) is 19.0 Å². The monoisotopic (exact) mass is 342 g/mol. The van der Waals surface area contributed by atoms with Crippen LogP contribution in [-0.2, 0) is 13.1 Å². The Morgan fingerprint density at radius 2 is 2.21 bits per heavy atom. The summed E-state index contributed by atoms with van der Waals surface area (Å²) in [5.41, 5.74) is 1.64. The molecule has 0 aliphatic carbocycles. The van der Waals surface area contributed by atoms with E-state index >= 15 is 0 Å². The zero-order valence-corrected chi connectivity index (χ0v) is 13.3. The fourth-order valence-electron chi connectivity index (χ4n) is 2.01. The Bertz CT molecular complexity index is 556. The van der Waals surface area contributed by atoms with Crippen LogP contribution in [0.4, 0.5) is 10.1 Å². The molecular weight excluding hydrogens is 327 g/mol. The molecule has 1 aromatic heterocycles. The molecule has 0 aliphatic heterocycles. The van der Waals surface area contributed by atoms with Crippen LogP contribution in [-0.4, -0.2) is 14.1 Å². The second-order valence-corrected chi connectivity index (χ2v) is 6.27. The van der Waals surface area contributed by atoms with E-state index in [9.17, 15) is 4.39 Å². The van der Waals surface area contributed by atoms with Gasteiger partial charge in [0.2, 0.25) is 0 Å². The summed E-state index contributed by atoms with van der Waals surface area (Å²) in [5.74, 6) is -0.161. The summed E-state index contributed by atoms with van der Waals surface area (Å²) < 4.78 is 15.0. The predicted octanol–water partition coefficient (Wildman–Crippen LogP) is 4.01. The van der Waals surface area contributed by atoms with Gasteiger partial charge in [-0.05, 0) is 41.2 Å². The second-order valence-electron chi connectivity index (χ2n) is 4.36. The molecule has 2 aromatic rings. The third-order valence-electron chi connectivity index (χ3n) is 2.87. The number of hydrogen-bond donors (Lipinski definition) is 1. The van der Waals surface area contributed by atoms with Crippen LogP contribution in [0.15, 0.2) is 34.1 Å². The zero-order chi connectivity index (χ0) is 13.8. The van der Waals surface area contributed by atoms with Gasteiger partial charge in [-0.3, -0.25) is 0 Å². The smallest absolute Gasteiger partial charge is 0.129 e. The van der Waals surface area contributed by atoms with Crippen molar-refractivity contribution >= 4 is 33.0 Å². The van der Waals surface area contributed by atoms with Crippen LogP contribution in [0, 0.1) is 5.82 Å². The normalized spacial score (nSPS) is 10.7. The number of nitrogens with one attached hydrogen (secondary N) is 1. The quantitative estimate of drug-likeness (QED) is 0.883. The van der Waals surface area contributed by atoms with Crippen molar-refractivity contribution in [3.8, 4) is 0 Å². The molecule has 5 heteroatoms. The van der Waals surface area contributed by atoms with E-state index in [1.54, 1.807) is 17.4 Å². The lowest BCUT2D eigenvalue weighted by Crippen LogP contribution is -2.20. The Hall–Kier alpha value is -0.910. The van der Waals surface area contributed by atoms with Crippen molar-refractivity contribution < 1.29 is 4.39 Å². The number of halogens is 2. The maximum atomic E-state index is 13.9. The Morgan fingerprint density at radius 3 is 2.84 bits per heavy atom. The first-order valence-electron chi connectivity index (χ1n) is 5.98. The topological polar surface area (TPSA) is 15.3 Å². The molecule has 0 unspecified atom stereocenters. The Kier molecular flexibility index (Phi) is 4.96. The summed E-state index contributed by atoms with van der Waals surface area (Å²) in [5, 5.41) is 5.08. The summed E-state index contributed by atoms with van der Waals surface area (Å²) in [6.45, 7) is 1.30. The Morgan fingerprint density at radius 1 is 1.42 bits per heavy atom. The highest BCUT2D eigenvalue weighted by atomic mass is 79.9. The number of rotatable bonds is 5. The van der Waals surface area contributed by atoms with Crippen LogP contribution in [0.2, 0.25) is 0 Å². The summed E-state index contributed by atoms with van der Waals surface area (Å²) in [7, 11) is 3.81. The minimum atomic E-state index is -0.161. The summed E-state index contributed by atoms with van der Waals surface area (Å²) in [6.07, 6.45) is 0. The average Bonchev–Trinajstić information content (AvgIpc) is 2.77. The molecule has 2 rings (SSSR count). The fraction of sp³-hybridized carbons (Fsp3) is 0.286. The molecular formula is C14H16BrFN2S. The van der Waals surface area contributed by atoms with Crippen LogP contribution in [0.3, 0.4) is 0 Å². The zero-order valence-electron chi connectivity index (χ0n) is 10.9. The Labute approximate surface area is 125 Å². The molecule has 0 amide bonds. The number of benzene rings is 1. The van der Waals surface area contributed by atoms with E-state index in [0.29, 0.717) is 12.1 Å². The first-order chi connectivity index (χ1) is 9.11. The number of nitrogens with zero attached hydrogens (tertiary/aromatic N) is 1. The van der Waals surface area contributed by atoms with Crippen LogP contribution in [0.5, 0.6) is 0 Å². The minimum absolute atomic E-state index is 0.161. The molecule has 0 bridgehead atoms. The van der Waals surface area contributed by atoms with Crippen LogP contribution in [0.25, 0.3) is 0 Å². The van der Waals surface area contributed by atoms with Crippen molar-refractivity contribution in [1.82, 2.24) is 5.32 Å². The van der Waals surface area contributed by atoms with E-state index in [2.05, 4.69) is 37.6 Å². The average molecular weight is 343 g/mol. The number of thiophene rings is 1. The molecule has 0 radical (unpaired) electrons. The van der Waals surface area contributed by atoms with Gasteiger partial charge in [0.15, 0.2) is 0 Å². The van der Waals surface area contributed by atoms with Gasteiger partial charge in [-0.25, -0.2) is 4.39 Å². The lowest BCUT2D eigenvalue weighted by atomic mass is 10.1. The molecule has 0 saturated heterocycles. The molecule has 0 saturated carbocycles. The largest absolute Gasteiger partial charge is 0.369 e. The van der Waals surface area contributed by atoms with Gasteiger partial charge in [-0.2, -0.15) is 0 Å². The first-order valence-corrected chi connectivity index (χ1v) is 7.65. The van der Waals surface area contributed by atoms with Crippen molar-refractivity contribution in [3.63, 3.8) is 0 Å². The molecule has 0 fully saturated rings. The highest BCUT2D eigenvalue weighted by molar-refractivity contribution is 9.10. The molecule has 1 aromatic carbocycles. The van der Waals surface area contributed by atoms with Gasteiger partial charge in [0, 0.05) is 39.6 Å². The lowest BCUT2D eigenvalue weighted by molar-refractivity contribution is 0.600. The van der Waals surface area contributed by atoms with Gasteiger partial charge in [0.25, 0.3) is 0 Å². The molecule has 19 heavy (non-hydrogen) atoms. The molecule has 0 aliphatic rings. The first kappa shape index (κ1) is 14.5. The molecule has 1 heterocycles. The van der Waals surface area contributed by atoms with Crippen LogP contribution >= 0.6 is 27.3 Å². The SMILES string of the molecule is CNCc1c(F)cccc1N(C)Cc1cc(Br)cs1. The van der Waals surface area contributed by atoms with Gasteiger partial charge in [-0.1, -0.05) is 6.07 Å². The maximum Gasteiger partial charge on any atom is 0.129 e. The van der Waals surface area contributed by atoms with Crippen molar-refractivity contribution in [2.45, 2.75) is 13.1 Å². The van der Waals surface area contributed by atoms with E-state index < -0.39 is 0 Å². The van der Waals surface area contributed by atoms with Crippen molar-refractivity contribution in [1.29, 1.82) is 0 Å². The van der Waals surface area contributed by atoms with Crippen LogP contribution < -0.4 is 10.2 Å².